The van der Waals surface area contributed by atoms with Gasteiger partial charge in [-0.25, -0.2) is 8.42 Å². The molecule has 0 aromatic heterocycles. The van der Waals surface area contributed by atoms with Gasteiger partial charge in [-0.3, -0.25) is 0 Å². The predicted molar refractivity (Wildman–Crippen MR) is 84.7 cm³/mol. The molecule has 1 aromatic carbocycles. The SMILES string of the molecule is O=S(=O)(c1ccc(Br)cc1)N1CCCN(CCCl)CC1. The Balaban J connectivity index is 2.11. The minimum absolute atomic E-state index is 0.353. The summed E-state index contributed by atoms with van der Waals surface area (Å²) in [6.45, 7) is 3.54. The summed E-state index contributed by atoms with van der Waals surface area (Å²) >= 11 is 9.07. The molecule has 0 aliphatic carbocycles. The summed E-state index contributed by atoms with van der Waals surface area (Å²) < 4.78 is 27.6. The van der Waals surface area contributed by atoms with E-state index in [1.807, 2.05) is 0 Å². The Hall–Kier alpha value is -0.140. The first-order valence-corrected chi connectivity index (χ1v) is 9.35. The molecule has 20 heavy (non-hydrogen) atoms. The molecule has 0 radical (unpaired) electrons. The molecule has 1 saturated heterocycles. The number of benzene rings is 1. The van der Waals surface area contributed by atoms with Crippen molar-refractivity contribution in [2.45, 2.75) is 11.3 Å². The van der Waals surface area contributed by atoms with E-state index in [2.05, 4.69) is 20.8 Å². The number of hydrogen-bond acceptors (Lipinski definition) is 3. The summed E-state index contributed by atoms with van der Waals surface area (Å²) in [5, 5.41) is 0. The van der Waals surface area contributed by atoms with Crippen LogP contribution < -0.4 is 0 Å². The van der Waals surface area contributed by atoms with Crippen LogP contribution in [-0.2, 0) is 10.0 Å². The van der Waals surface area contributed by atoms with Crippen LogP contribution >= 0.6 is 27.5 Å². The molecule has 0 spiro atoms. The minimum atomic E-state index is -3.39. The molecule has 0 unspecified atom stereocenters. The highest BCUT2D eigenvalue weighted by atomic mass is 79.9. The van der Waals surface area contributed by atoms with Crippen molar-refractivity contribution in [2.75, 3.05) is 38.6 Å². The minimum Gasteiger partial charge on any atom is -0.301 e. The Morgan fingerprint density at radius 1 is 1.10 bits per heavy atom. The topological polar surface area (TPSA) is 40.6 Å². The Morgan fingerprint density at radius 3 is 2.45 bits per heavy atom. The van der Waals surface area contributed by atoms with Crippen molar-refractivity contribution in [3.63, 3.8) is 0 Å². The van der Waals surface area contributed by atoms with Crippen molar-refractivity contribution >= 4 is 37.6 Å². The normalized spacial score (nSPS) is 18.9. The van der Waals surface area contributed by atoms with Crippen LogP contribution in [-0.4, -0.2) is 56.2 Å². The van der Waals surface area contributed by atoms with Gasteiger partial charge in [0.15, 0.2) is 0 Å². The molecular formula is C13H18BrClN2O2S. The van der Waals surface area contributed by atoms with E-state index in [-0.39, 0.29) is 0 Å². The summed E-state index contributed by atoms with van der Waals surface area (Å²) in [5.41, 5.74) is 0. The van der Waals surface area contributed by atoms with E-state index < -0.39 is 10.0 Å². The third kappa shape index (κ3) is 3.95. The molecule has 1 aliphatic heterocycles. The highest BCUT2D eigenvalue weighted by Gasteiger charge is 2.26. The fourth-order valence-electron chi connectivity index (χ4n) is 2.29. The lowest BCUT2D eigenvalue weighted by Crippen LogP contribution is -2.35. The fourth-order valence-corrected chi connectivity index (χ4v) is 4.26. The lowest BCUT2D eigenvalue weighted by Gasteiger charge is -2.21. The van der Waals surface area contributed by atoms with Gasteiger partial charge in [-0.05, 0) is 37.2 Å². The van der Waals surface area contributed by atoms with E-state index in [1.54, 1.807) is 28.6 Å². The number of rotatable bonds is 4. The van der Waals surface area contributed by atoms with Crippen LogP contribution in [0.1, 0.15) is 6.42 Å². The average molecular weight is 382 g/mol. The van der Waals surface area contributed by atoms with Gasteiger partial charge in [0, 0.05) is 36.5 Å². The van der Waals surface area contributed by atoms with E-state index >= 15 is 0 Å². The molecule has 1 heterocycles. The van der Waals surface area contributed by atoms with Crippen LogP contribution in [0.2, 0.25) is 0 Å². The van der Waals surface area contributed by atoms with Crippen LogP contribution in [0.25, 0.3) is 0 Å². The standard InChI is InChI=1S/C13H18BrClN2O2S/c14-12-2-4-13(5-3-12)20(18,19)17-8-1-7-16(9-6-15)10-11-17/h2-5H,1,6-11H2. The number of sulfonamides is 1. The lowest BCUT2D eigenvalue weighted by molar-refractivity contribution is 0.303. The Kier molecular flexibility index (Phi) is 5.86. The lowest BCUT2D eigenvalue weighted by atomic mass is 10.4. The molecule has 0 bridgehead atoms. The summed E-state index contributed by atoms with van der Waals surface area (Å²) in [6.07, 6.45) is 0.840. The maximum Gasteiger partial charge on any atom is 0.243 e. The van der Waals surface area contributed by atoms with Crippen LogP contribution in [0.3, 0.4) is 0 Å². The summed E-state index contributed by atoms with van der Waals surface area (Å²) in [4.78, 5) is 2.57. The van der Waals surface area contributed by atoms with Crippen molar-refractivity contribution in [2.24, 2.45) is 0 Å². The largest absolute Gasteiger partial charge is 0.301 e. The Bertz CT molecular complexity index is 536. The molecule has 7 heteroatoms. The van der Waals surface area contributed by atoms with Crippen molar-refractivity contribution in [1.82, 2.24) is 9.21 Å². The predicted octanol–water partition coefficient (Wildman–Crippen LogP) is 2.38. The first kappa shape index (κ1) is 16.2. The van der Waals surface area contributed by atoms with Gasteiger partial charge in [-0.15, -0.1) is 11.6 Å². The number of nitrogens with zero attached hydrogens (tertiary/aromatic N) is 2. The van der Waals surface area contributed by atoms with Crippen molar-refractivity contribution in [1.29, 1.82) is 0 Å². The quantitative estimate of drug-likeness (QED) is 0.752. The molecule has 1 aliphatic rings. The average Bonchev–Trinajstić information content (AvgIpc) is 2.66. The molecule has 1 fully saturated rings. The Labute approximate surface area is 133 Å². The van der Waals surface area contributed by atoms with E-state index in [4.69, 9.17) is 11.6 Å². The molecule has 112 valence electrons. The molecule has 0 atom stereocenters. The first-order valence-electron chi connectivity index (χ1n) is 6.58. The first-order chi connectivity index (χ1) is 9.54. The zero-order valence-corrected chi connectivity index (χ0v) is 14.3. The zero-order chi connectivity index (χ0) is 14.6. The zero-order valence-electron chi connectivity index (χ0n) is 11.1. The van der Waals surface area contributed by atoms with Crippen LogP contribution in [0.15, 0.2) is 33.6 Å². The second-order valence-corrected chi connectivity index (χ2v) is 7.97. The monoisotopic (exact) mass is 380 g/mol. The van der Waals surface area contributed by atoms with Gasteiger partial charge in [0.1, 0.15) is 0 Å². The molecule has 0 amide bonds. The van der Waals surface area contributed by atoms with Crippen molar-refractivity contribution in [3.8, 4) is 0 Å². The highest BCUT2D eigenvalue weighted by Crippen LogP contribution is 2.20. The maximum atomic E-state index is 12.6. The number of hydrogen-bond donors (Lipinski definition) is 0. The van der Waals surface area contributed by atoms with Gasteiger partial charge >= 0.3 is 0 Å². The van der Waals surface area contributed by atoms with E-state index in [0.717, 1.165) is 30.5 Å². The van der Waals surface area contributed by atoms with Gasteiger partial charge in [-0.2, -0.15) is 4.31 Å². The third-order valence-electron chi connectivity index (χ3n) is 3.40. The van der Waals surface area contributed by atoms with E-state index in [0.29, 0.717) is 23.9 Å². The maximum absolute atomic E-state index is 12.6. The third-order valence-corrected chi connectivity index (χ3v) is 6.01. The summed E-state index contributed by atoms with van der Waals surface area (Å²) in [7, 11) is -3.39. The van der Waals surface area contributed by atoms with E-state index in [9.17, 15) is 8.42 Å². The van der Waals surface area contributed by atoms with E-state index in [1.165, 1.54) is 0 Å². The molecule has 0 saturated carbocycles. The van der Waals surface area contributed by atoms with Crippen LogP contribution in [0.5, 0.6) is 0 Å². The second-order valence-electron chi connectivity index (χ2n) is 4.74. The number of alkyl halides is 1. The van der Waals surface area contributed by atoms with Gasteiger partial charge < -0.3 is 4.90 Å². The molecule has 2 rings (SSSR count). The molecule has 4 nitrogen and oxygen atoms in total. The number of halogens is 2. The van der Waals surface area contributed by atoms with Gasteiger partial charge in [0.05, 0.1) is 4.90 Å². The second kappa shape index (κ2) is 7.22. The molecule has 1 aromatic rings. The van der Waals surface area contributed by atoms with Gasteiger partial charge in [0.25, 0.3) is 0 Å². The van der Waals surface area contributed by atoms with Crippen molar-refractivity contribution < 1.29 is 8.42 Å². The molecule has 0 N–H and O–H groups in total. The highest BCUT2D eigenvalue weighted by molar-refractivity contribution is 9.10. The molecular weight excluding hydrogens is 364 g/mol. The Morgan fingerprint density at radius 2 is 1.80 bits per heavy atom. The summed E-state index contributed by atoms with van der Waals surface area (Å²) in [6, 6.07) is 6.79. The van der Waals surface area contributed by atoms with Crippen LogP contribution in [0.4, 0.5) is 0 Å². The van der Waals surface area contributed by atoms with Gasteiger partial charge in [-0.1, -0.05) is 15.9 Å². The van der Waals surface area contributed by atoms with Crippen molar-refractivity contribution in [3.05, 3.63) is 28.7 Å². The summed E-state index contributed by atoms with van der Waals surface area (Å²) in [5.74, 6) is 0.583. The fraction of sp³-hybridized carbons (Fsp3) is 0.538. The van der Waals surface area contributed by atoms with Gasteiger partial charge in [0.2, 0.25) is 10.0 Å². The smallest absolute Gasteiger partial charge is 0.243 e. The van der Waals surface area contributed by atoms with Crippen LogP contribution in [0, 0.1) is 0 Å².